The van der Waals surface area contributed by atoms with Crippen LogP contribution in [-0.2, 0) is 0 Å². The van der Waals surface area contributed by atoms with Gasteiger partial charge in [-0.1, -0.05) is 6.07 Å². The van der Waals surface area contributed by atoms with Crippen LogP contribution in [0.4, 0.5) is 19.3 Å². The van der Waals surface area contributed by atoms with Gasteiger partial charge in [0.1, 0.15) is 17.3 Å². The summed E-state index contributed by atoms with van der Waals surface area (Å²) in [6.07, 6.45) is 2.10. The van der Waals surface area contributed by atoms with Crippen LogP contribution in [0.2, 0.25) is 0 Å². The molecule has 2 fully saturated rings. The lowest BCUT2D eigenvalue weighted by molar-refractivity contribution is 0.193. The van der Waals surface area contributed by atoms with Crippen LogP contribution in [0.5, 0.6) is 0 Å². The summed E-state index contributed by atoms with van der Waals surface area (Å²) in [5.74, 6) is -1.11. The molecule has 0 bridgehead atoms. The summed E-state index contributed by atoms with van der Waals surface area (Å²) in [5, 5.41) is 2.92. The molecule has 1 aromatic rings. The maximum atomic E-state index is 13.7. The van der Waals surface area contributed by atoms with Crippen molar-refractivity contribution in [1.82, 2.24) is 10.2 Å². The van der Waals surface area contributed by atoms with Crippen molar-refractivity contribution in [3.8, 4) is 0 Å². The number of carbonyl (C=O) groups is 1. The van der Waals surface area contributed by atoms with E-state index in [0.29, 0.717) is 32.2 Å². The molecular formula is C14H17F2N3O. The van der Waals surface area contributed by atoms with E-state index in [1.165, 1.54) is 18.2 Å². The fraction of sp³-hybridized carbons (Fsp3) is 0.500. The SMILES string of the molecule is O=C(NC1CC1)N1CCN(c2c(F)cccc2F)CC1. The Morgan fingerprint density at radius 1 is 1.10 bits per heavy atom. The Morgan fingerprint density at radius 3 is 2.25 bits per heavy atom. The highest BCUT2D eigenvalue weighted by molar-refractivity contribution is 5.75. The fourth-order valence-electron chi connectivity index (χ4n) is 2.42. The molecule has 2 aliphatic rings. The van der Waals surface area contributed by atoms with Gasteiger partial charge in [-0.05, 0) is 25.0 Å². The lowest BCUT2D eigenvalue weighted by Crippen LogP contribution is -2.52. The number of hydrogen-bond donors (Lipinski definition) is 1. The van der Waals surface area contributed by atoms with E-state index in [2.05, 4.69) is 5.32 Å². The number of piperazine rings is 1. The number of anilines is 1. The van der Waals surface area contributed by atoms with Crippen molar-refractivity contribution < 1.29 is 13.6 Å². The average molecular weight is 281 g/mol. The second-order valence-corrected chi connectivity index (χ2v) is 5.27. The van der Waals surface area contributed by atoms with Gasteiger partial charge in [-0.2, -0.15) is 0 Å². The van der Waals surface area contributed by atoms with E-state index < -0.39 is 11.6 Å². The Balaban J connectivity index is 1.61. The van der Waals surface area contributed by atoms with Crippen molar-refractivity contribution in [2.45, 2.75) is 18.9 Å². The third-order valence-corrected chi connectivity index (χ3v) is 3.73. The van der Waals surface area contributed by atoms with Crippen molar-refractivity contribution >= 4 is 11.7 Å². The monoisotopic (exact) mass is 281 g/mol. The summed E-state index contributed by atoms with van der Waals surface area (Å²) in [6, 6.07) is 4.12. The number of urea groups is 1. The third kappa shape index (κ3) is 2.69. The smallest absolute Gasteiger partial charge is 0.317 e. The first-order chi connectivity index (χ1) is 9.65. The highest BCUT2D eigenvalue weighted by Crippen LogP contribution is 2.24. The van der Waals surface area contributed by atoms with Gasteiger partial charge in [-0.3, -0.25) is 0 Å². The standard InChI is InChI=1S/C14H17F2N3O/c15-11-2-1-3-12(16)13(11)18-6-8-19(9-7-18)14(20)17-10-4-5-10/h1-3,10H,4-9H2,(H,17,20). The second-order valence-electron chi connectivity index (χ2n) is 5.27. The van der Waals surface area contributed by atoms with Gasteiger partial charge in [-0.25, -0.2) is 13.6 Å². The maximum absolute atomic E-state index is 13.7. The Morgan fingerprint density at radius 2 is 1.70 bits per heavy atom. The number of nitrogens with zero attached hydrogens (tertiary/aromatic N) is 2. The Hall–Kier alpha value is -1.85. The first-order valence-corrected chi connectivity index (χ1v) is 6.89. The molecule has 1 saturated carbocycles. The Bertz CT molecular complexity index is 491. The predicted octanol–water partition coefficient (Wildman–Crippen LogP) is 1.96. The number of carbonyl (C=O) groups excluding carboxylic acids is 1. The lowest BCUT2D eigenvalue weighted by Gasteiger charge is -2.36. The van der Waals surface area contributed by atoms with Gasteiger partial charge in [-0.15, -0.1) is 0 Å². The molecular weight excluding hydrogens is 264 g/mol. The number of para-hydroxylation sites is 1. The summed E-state index contributed by atoms with van der Waals surface area (Å²) in [6.45, 7) is 1.84. The topological polar surface area (TPSA) is 35.6 Å². The van der Waals surface area contributed by atoms with Crippen LogP contribution >= 0.6 is 0 Å². The molecule has 1 aliphatic heterocycles. The van der Waals surface area contributed by atoms with Gasteiger partial charge < -0.3 is 15.1 Å². The Kier molecular flexibility index (Phi) is 3.46. The molecule has 0 unspecified atom stereocenters. The largest absolute Gasteiger partial charge is 0.363 e. The lowest BCUT2D eigenvalue weighted by atomic mass is 10.2. The summed E-state index contributed by atoms with van der Waals surface area (Å²) < 4.78 is 27.4. The minimum Gasteiger partial charge on any atom is -0.363 e. The zero-order valence-corrected chi connectivity index (χ0v) is 11.1. The highest BCUT2D eigenvalue weighted by atomic mass is 19.1. The first-order valence-electron chi connectivity index (χ1n) is 6.89. The normalized spacial score (nSPS) is 19.1. The summed E-state index contributed by atoms with van der Waals surface area (Å²) >= 11 is 0. The molecule has 20 heavy (non-hydrogen) atoms. The number of nitrogens with one attached hydrogen (secondary N) is 1. The zero-order chi connectivity index (χ0) is 14.1. The van der Waals surface area contributed by atoms with Crippen LogP contribution in [0.25, 0.3) is 0 Å². The van der Waals surface area contributed by atoms with E-state index in [1.807, 2.05) is 0 Å². The minimum absolute atomic E-state index is 0.00903. The van der Waals surface area contributed by atoms with Crippen LogP contribution in [-0.4, -0.2) is 43.2 Å². The molecule has 1 heterocycles. The van der Waals surface area contributed by atoms with Crippen molar-refractivity contribution in [3.63, 3.8) is 0 Å². The van der Waals surface area contributed by atoms with Crippen LogP contribution < -0.4 is 10.2 Å². The van der Waals surface area contributed by atoms with Crippen molar-refractivity contribution in [3.05, 3.63) is 29.8 Å². The summed E-state index contributed by atoms with van der Waals surface area (Å²) in [7, 11) is 0. The van der Waals surface area contributed by atoms with Gasteiger partial charge in [0.25, 0.3) is 0 Å². The quantitative estimate of drug-likeness (QED) is 0.899. The molecule has 108 valence electrons. The molecule has 0 aromatic heterocycles. The number of amides is 2. The van der Waals surface area contributed by atoms with Crippen LogP contribution in [0.3, 0.4) is 0 Å². The van der Waals surface area contributed by atoms with Crippen molar-refractivity contribution in [2.75, 3.05) is 31.1 Å². The minimum atomic E-state index is -0.555. The van der Waals surface area contributed by atoms with Crippen molar-refractivity contribution in [1.29, 1.82) is 0 Å². The van der Waals surface area contributed by atoms with E-state index in [0.717, 1.165) is 12.8 Å². The number of benzene rings is 1. The highest BCUT2D eigenvalue weighted by Gasteiger charge is 2.28. The molecule has 1 N–H and O–H groups in total. The Labute approximate surface area is 116 Å². The second kappa shape index (κ2) is 5.26. The van der Waals surface area contributed by atoms with E-state index >= 15 is 0 Å². The van der Waals surface area contributed by atoms with E-state index in [9.17, 15) is 13.6 Å². The molecule has 4 nitrogen and oxygen atoms in total. The molecule has 6 heteroatoms. The van der Waals surface area contributed by atoms with E-state index in [1.54, 1.807) is 9.80 Å². The molecule has 3 rings (SSSR count). The molecule has 0 atom stereocenters. The van der Waals surface area contributed by atoms with E-state index in [4.69, 9.17) is 0 Å². The summed E-state index contributed by atoms with van der Waals surface area (Å²) in [4.78, 5) is 15.2. The van der Waals surface area contributed by atoms with E-state index in [-0.39, 0.29) is 11.7 Å². The molecule has 0 radical (unpaired) electrons. The van der Waals surface area contributed by atoms with Gasteiger partial charge in [0.15, 0.2) is 0 Å². The van der Waals surface area contributed by atoms with Gasteiger partial charge in [0.2, 0.25) is 0 Å². The van der Waals surface area contributed by atoms with Gasteiger partial charge in [0.05, 0.1) is 0 Å². The third-order valence-electron chi connectivity index (χ3n) is 3.73. The fourth-order valence-corrected chi connectivity index (χ4v) is 2.42. The van der Waals surface area contributed by atoms with Crippen LogP contribution in [0, 0.1) is 11.6 Å². The number of rotatable bonds is 2. The molecule has 0 spiro atoms. The number of halogens is 2. The van der Waals surface area contributed by atoms with Crippen LogP contribution in [0.1, 0.15) is 12.8 Å². The summed E-state index contributed by atoms with van der Waals surface area (Å²) in [5.41, 5.74) is 0.00903. The van der Waals surface area contributed by atoms with Crippen LogP contribution in [0.15, 0.2) is 18.2 Å². The molecule has 1 aromatic carbocycles. The van der Waals surface area contributed by atoms with Crippen molar-refractivity contribution in [2.24, 2.45) is 0 Å². The number of hydrogen-bond acceptors (Lipinski definition) is 2. The molecule has 1 aliphatic carbocycles. The predicted molar refractivity (Wildman–Crippen MR) is 71.7 cm³/mol. The maximum Gasteiger partial charge on any atom is 0.317 e. The first kappa shape index (κ1) is 13.1. The molecule has 1 saturated heterocycles. The van der Waals surface area contributed by atoms with Gasteiger partial charge >= 0.3 is 6.03 Å². The molecule has 2 amide bonds. The van der Waals surface area contributed by atoms with Gasteiger partial charge in [0, 0.05) is 32.2 Å². The average Bonchev–Trinajstić information content (AvgIpc) is 3.23. The zero-order valence-electron chi connectivity index (χ0n) is 11.1.